The first kappa shape index (κ1) is 21.1. The normalized spacial score (nSPS) is 14.3. The molecule has 0 spiro atoms. The standard InChI is InChI=1S/C23H27N5O2S/c1-17-6-12-21(13-7-17)31(29,30)27-20-10-8-19(9-11-20)26-22-16-23(25-18(2)24-22)28-14-4-3-5-15-28/h6-13,16,27H,3-5,14-15H2,1-2H3,(H,24,25,26). The summed E-state index contributed by atoms with van der Waals surface area (Å²) in [6.07, 6.45) is 3.64. The zero-order chi connectivity index (χ0) is 21.8. The van der Waals surface area contributed by atoms with Gasteiger partial charge in [-0.3, -0.25) is 4.72 Å². The van der Waals surface area contributed by atoms with Crippen molar-refractivity contribution in [2.75, 3.05) is 28.0 Å². The van der Waals surface area contributed by atoms with Crippen molar-refractivity contribution in [1.82, 2.24) is 9.97 Å². The highest BCUT2D eigenvalue weighted by molar-refractivity contribution is 7.92. The average molecular weight is 438 g/mol. The molecular formula is C23H27N5O2S. The van der Waals surface area contributed by atoms with Crippen LogP contribution >= 0.6 is 0 Å². The lowest BCUT2D eigenvalue weighted by Crippen LogP contribution is -2.30. The smallest absolute Gasteiger partial charge is 0.261 e. The molecule has 7 nitrogen and oxygen atoms in total. The van der Waals surface area contributed by atoms with Gasteiger partial charge in [0.1, 0.15) is 17.5 Å². The first-order valence-corrected chi connectivity index (χ1v) is 11.9. The van der Waals surface area contributed by atoms with E-state index in [0.29, 0.717) is 11.5 Å². The topological polar surface area (TPSA) is 87.2 Å². The van der Waals surface area contributed by atoms with Crippen LogP contribution in [0.1, 0.15) is 30.7 Å². The van der Waals surface area contributed by atoms with Crippen LogP contribution < -0.4 is 14.9 Å². The number of rotatable bonds is 6. The van der Waals surface area contributed by atoms with E-state index >= 15 is 0 Å². The maximum atomic E-state index is 12.6. The predicted molar refractivity (Wildman–Crippen MR) is 125 cm³/mol. The number of nitrogens with one attached hydrogen (secondary N) is 2. The second kappa shape index (κ2) is 8.93. The molecule has 1 fully saturated rings. The Bertz CT molecular complexity index is 1140. The van der Waals surface area contributed by atoms with Gasteiger partial charge in [-0.25, -0.2) is 18.4 Å². The lowest BCUT2D eigenvalue weighted by atomic mass is 10.1. The summed E-state index contributed by atoms with van der Waals surface area (Å²) in [4.78, 5) is 11.6. The largest absolute Gasteiger partial charge is 0.356 e. The van der Waals surface area contributed by atoms with Crippen molar-refractivity contribution in [2.24, 2.45) is 0 Å². The highest BCUT2D eigenvalue weighted by Crippen LogP contribution is 2.24. The van der Waals surface area contributed by atoms with Crippen LogP contribution in [0.25, 0.3) is 0 Å². The summed E-state index contributed by atoms with van der Waals surface area (Å²) in [5, 5.41) is 3.30. The van der Waals surface area contributed by atoms with E-state index in [1.165, 1.54) is 19.3 Å². The number of aryl methyl sites for hydroxylation is 2. The lowest BCUT2D eigenvalue weighted by molar-refractivity contribution is 0.572. The average Bonchev–Trinajstić information content (AvgIpc) is 2.75. The SMILES string of the molecule is Cc1ccc(S(=O)(=O)Nc2ccc(Nc3cc(N4CCCCC4)nc(C)n3)cc2)cc1. The Hall–Kier alpha value is -3.13. The van der Waals surface area contributed by atoms with Crippen LogP contribution in [0, 0.1) is 13.8 Å². The van der Waals surface area contributed by atoms with Gasteiger partial charge < -0.3 is 10.2 Å². The van der Waals surface area contributed by atoms with E-state index in [2.05, 4.69) is 24.9 Å². The summed E-state index contributed by atoms with van der Waals surface area (Å²) in [6, 6.07) is 15.8. The van der Waals surface area contributed by atoms with Gasteiger partial charge in [0.25, 0.3) is 10.0 Å². The molecule has 1 aliphatic heterocycles. The fourth-order valence-electron chi connectivity index (χ4n) is 3.60. The first-order valence-electron chi connectivity index (χ1n) is 10.5. The van der Waals surface area contributed by atoms with Crippen LogP contribution in [0.3, 0.4) is 0 Å². The van der Waals surface area contributed by atoms with Crippen molar-refractivity contribution in [2.45, 2.75) is 38.0 Å². The molecule has 0 unspecified atom stereocenters. The zero-order valence-corrected chi connectivity index (χ0v) is 18.6. The van der Waals surface area contributed by atoms with E-state index in [1.807, 2.05) is 32.0 Å². The van der Waals surface area contributed by atoms with Gasteiger partial charge >= 0.3 is 0 Å². The minimum Gasteiger partial charge on any atom is -0.356 e. The number of piperidine rings is 1. The molecule has 0 radical (unpaired) electrons. The first-order chi connectivity index (χ1) is 14.9. The monoisotopic (exact) mass is 437 g/mol. The molecule has 0 amide bonds. The van der Waals surface area contributed by atoms with E-state index in [1.54, 1.807) is 36.4 Å². The van der Waals surface area contributed by atoms with Gasteiger partial charge in [0.15, 0.2) is 0 Å². The molecule has 31 heavy (non-hydrogen) atoms. The molecule has 8 heteroatoms. The third kappa shape index (κ3) is 5.32. The van der Waals surface area contributed by atoms with Crippen molar-refractivity contribution < 1.29 is 8.42 Å². The number of hydrogen-bond acceptors (Lipinski definition) is 6. The summed E-state index contributed by atoms with van der Waals surface area (Å²) in [6.45, 7) is 5.85. The van der Waals surface area contributed by atoms with Gasteiger partial charge in [0.2, 0.25) is 0 Å². The molecule has 2 heterocycles. The van der Waals surface area contributed by atoms with Gasteiger partial charge in [-0.15, -0.1) is 0 Å². The van der Waals surface area contributed by atoms with Crippen LogP contribution in [0.4, 0.5) is 23.0 Å². The van der Waals surface area contributed by atoms with E-state index in [-0.39, 0.29) is 4.90 Å². The van der Waals surface area contributed by atoms with Crippen LogP contribution in [-0.2, 0) is 10.0 Å². The fourth-order valence-corrected chi connectivity index (χ4v) is 4.66. The fraction of sp³-hybridized carbons (Fsp3) is 0.304. The molecule has 1 aliphatic rings. The van der Waals surface area contributed by atoms with Crippen molar-refractivity contribution in [3.8, 4) is 0 Å². The number of nitrogens with zero attached hydrogens (tertiary/aromatic N) is 3. The highest BCUT2D eigenvalue weighted by atomic mass is 32.2. The highest BCUT2D eigenvalue weighted by Gasteiger charge is 2.15. The second-order valence-corrected chi connectivity index (χ2v) is 9.51. The van der Waals surface area contributed by atoms with Gasteiger partial charge in [-0.05, 0) is 69.5 Å². The van der Waals surface area contributed by atoms with Crippen molar-refractivity contribution in [3.05, 3.63) is 66.0 Å². The van der Waals surface area contributed by atoms with Gasteiger partial charge in [0.05, 0.1) is 4.90 Å². The van der Waals surface area contributed by atoms with Gasteiger partial charge in [-0.2, -0.15) is 0 Å². The summed E-state index contributed by atoms with van der Waals surface area (Å²) in [5.41, 5.74) is 2.33. The molecule has 162 valence electrons. The Labute approximate surface area is 183 Å². The minimum absolute atomic E-state index is 0.238. The molecule has 2 aromatic carbocycles. The number of sulfonamides is 1. The molecule has 3 aromatic rings. The predicted octanol–water partition coefficient (Wildman–Crippen LogP) is 4.63. The van der Waals surface area contributed by atoms with Crippen molar-refractivity contribution in [3.63, 3.8) is 0 Å². The Morgan fingerprint density at radius 3 is 2.16 bits per heavy atom. The molecule has 0 atom stereocenters. The van der Waals surface area contributed by atoms with Crippen molar-refractivity contribution in [1.29, 1.82) is 0 Å². The van der Waals surface area contributed by atoms with Gasteiger partial charge in [-0.1, -0.05) is 17.7 Å². The Balaban J connectivity index is 1.46. The minimum atomic E-state index is -3.62. The third-order valence-electron chi connectivity index (χ3n) is 5.25. The zero-order valence-electron chi connectivity index (χ0n) is 17.8. The summed E-state index contributed by atoms with van der Waals surface area (Å²) in [7, 11) is -3.62. The van der Waals surface area contributed by atoms with E-state index in [0.717, 1.165) is 36.0 Å². The Morgan fingerprint density at radius 2 is 1.48 bits per heavy atom. The molecule has 0 aliphatic carbocycles. The van der Waals surface area contributed by atoms with Crippen LogP contribution in [0.5, 0.6) is 0 Å². The van der Waals surface area contributed by atoms with Gasteiger partial charge in [0, 0.05) is 30.5 Å². The number of benzene rings is 2. The molecule has 1 saturated heterocycles. The van der Waals surface area contributed by atoms with E-state index in [4.69, 9.17) is 0 Å². The summed E-state index contributed by atoms with van der Waals surface area (Å²) in [5.74, 6) is 2.38. The Kier molecular flexibility index (Phi) is 6.08. The molecular weight excluding hydrogens is 410 g/mol. The van der Waals surface area contributed by atoms with Crippen LogP contribution in [0.2, 0.25) is 0 Å². The maximum absolute atomic E-state index is 12.6. The summed E-state index contributed by atoms with van der Waals surface area (Å²) < 4.78 is 27.7. The molecule has 0 saturated carbocycles. The number of anilines is 4. The third-order valence-corrected chi connectivity index (χ3v) is 6.64. The molecule has 2 N–H and O–H groups in total. The second-order valence-electron chi connectivity index (χ2n) is 7.83. The number of aromatic nitrogens is 2. The molecule has 4 rings (SSSR count). The quantitative estimate of drug-likeness (QED) is 0.585. The molecule has 1 aromatic heterocycles. The van der Waals surface area contributed by atoms with E-state index < -0.39 is 10.0 Å². The van der Waals surface area contributed by atoms with E-state index in [9.17, 15) is 8.42 Å². The summed E-state index contributed by atoms with van der Waals surface area (Å²) >= 11 is 0. The Morgan fingerprint density at radius 1 is 0.839 bits per heavy atom. The van der Waals surface area contributed by atoms with Crippen LogP contribution in [-0.4, -0.2) is 31.5 Å². The lowest BCUT2D eigenvalue weighted by Gasteiger charge is -2.28. The maximum Gasteiger partial charge on any atom is 0.261 e. The van der Waals surface area contributed by atoms with Crippen LogP contribution in [0.15, 0.2) is 59.5 Å². The molecule has 0 bridgehead atoms. The van der Waals surface area contributed by atoms with Crippen molar-refractivity contribution >= 4 is 33.0 Å². The number of hydrogen-bond donors (Lipinski definition) is 2.